The third-order valence-electron chi connectivity index (χ3n) is 10.2. The number of unbranched alkanes of at least 4 members (excludes halogenated alkanes) is 7. The largest absolute Gasteiger partial charge is 0.472 e. The van der Waals surface area contributed by atoms with E-state index >= 15 is 0 Å². The first-order valence-electron chi connectivity index (χ1n) is 23.8. The molecule has 7 N–H and O–H groups in total. The molecule has 1 saturated carbocycles. The second kappa shape index (κ2) is 39.5. The van der Waals surface area contributed by atoms with E-state index in [-0.39, 0.29) is 12.8 Å². The number of allylic oxidation sites excluding steroid dienone is 16. The lowest BCUT2D eigenvalue weighted by molar-refractivity contribution is -0.220. The van der Waals surface area contributed by atoms with Crippen LogP contribution < -0.4 is 0 Å². The van der Waals surface area contributed by atoms with E-state index in [9.17, 15) is 49.7 Å². The predicted octanol–water partition coefficient (Wildman–Crippen LogP) is 8.58. The minimum atomic E-state index is -5.17. The van der Waals surface area contributed by atoms with Crippen LogP contribution in [0.2, 0.25) is 0 Å². The Balaban J connectivity index is 2.59. The number of rotatable bonds is 37. The minimum absolute atomic E-state index is 0.0369. The monoisotopic (exact) mass is 949 g/mol. The SMILES string of the molecule is CCCCC/C=C\C/C=C\C/C=C\C/C=C\C/C=C\CCC(=O)O[C@H](COC(=O)CCC/C=C\C/C=C\C=C\[C@H](O)C/C=C\CCCCC)COP(=O)(O)OC1[C@H](O)[C@H](O)C(O)[C@H](O)[C@H]1O. The van der Waals surface area contributed by atoms with E-state index in [1.54, 1.807) is 6.08 Å². The maximum atomic E-state index is 12.8. The highest BCUT2D eigenvalue weighted by Crippen LogP contribution is 2.47. The molecule has 9 atom stereocenters. The maximum Gasteiger partial charge on any atom is 0.472 e. The third kappa shape index (κ3) is 31.4. The number of carbonyl (C=O) groups is 2. The molecule has 0 radical (unpaired) electrons. The van der Waals surface area contributed by atoms with Gasteiger partial charge in [0, 0.05) is 12.8 Å². The van der Waals surface area contributed by atoms with Gasteiger partial charge in [0.25, 0.3) is 0 Å². The lowest BCUT2D eigenvalue weighted by Gasteiger charge is -2.41. The molecule has 0 aromatic rings. The van der Waals surface area contributed by atoms with Crippen molar-refractivity contribution in [3.63, 3.8) is 0 Å². The minimum Gasteiger partial charge on any atom is -0.462 e. The van der Waals surface area contributed by atoms with Crippen LogP contribution >= 0.6 is 7.82 Å². The molecule has 0 spiro atoms. The molecular formula is C51H81O14P. The van der Waals surface area contributed by atoms with Crippen LogP contribution in [0.25, 0.3) is 0 Å². The molecule has 0 heterocycles. The van der Waals surface area contributed by atoms with Crippen molar-refractivity contribution in [2.24, 2.45) is 0 Å². The van der Waals surface area contributed by atoms with Crippen molar-refractivity contribution in [2.75, 3.05) is 13.2 Å². The topological polar surface area (TPSA) is 230 Å². The Hall–Kier alpha value is -3.53. The third-order valence-corrected chi connectivity index (χ3v) is 11.2. The van der Waals surface area contributed by atoms with Crippen molar-refractivity contribution in [1.29, 1.82) is 0 Å². The fraction of sp³-hybridized carbons (Fsp3) is 0.608. The van der Waals surface area contributed by atoms with Gasteiger partial charge in [-0.25, -0.2) is 4.57 Å². The van der Waals surface area contributed by atoms with Crippen LogP contribution in [0.3, 0.4) is 0 Å². The molecule has 374 valence electrons. The average Bonchev–Trinajstić information content (AvgIpc) is 3.29. The van der Waals surface area contributed by atoms with Gasteiger partial charge in [-0.05, 0) is 83.5 Å². The van der Waals surface area contributed by atoms with Crippen LogP contribution in [-0.4, -0.2) is 110 Å². The van der Waals surface area contributed by atoms with Gasteiger partial charge in [0.2, 0.25) is 0 Å². The first-order chi connectivity index (χ1) is 31.8. The second-order valence-corrected chi connectivity index (χ2v) is 17.5. The molecule has 0 aliphatic heterocycles. The molecule has 1 fully saturated rings. The number of aliphatic hydroxyl groups excluding tert-OH is 6. The molecular weight excluding hydrogens is 868 g/mol. The summed E-state index contributed by atoms with van der Waals surface area (Å²) in [5, 5.41) is 60.2. The first-order valence-corrected chi connectivity index (χ1v) is 25.3. The van der Waals surface area contributed by atoms with Crippen molar-refractivity contribution in [3.05, 3.63) is 109 Å². The molecule has 0 aromatic heterocycles. The van der Waals surface area contributed by atoms with Crippen molar-refractivity contribution in [2.45, 2.75) is 185 Å². The summed E-state index contributed by atoms with van der Waals surface area (Å²) < 4.78 is 33.4. The van der Waals surface area contributed by atoms with E-state index in [1.165, 1.54) is 32.1 Å². The van der Waals surface area contributed by atoms with Crippen molar-refractivity contribution in [3.8, 4) is 0 Å². The van der Waals surface area contributed by atoms with Crippen LogP contribution in [0.1, 0.15) is 136 Å². The van der Waals surface area contributed by atoms with Crippen LogP contribution in [-0.2, 0) is 32.7 Å². The van der Waals surface area contributed by atoms with Gasteiger partial charge in [-0.2, -0.15) is 0 Å². The highest BCUT2D eigenvalue weighted by molar-refractivity contribution is 7.47. The summed E-state index contributed by atoms with van der Waals surface area (Å²) in [7, 11) is -5.17. The van der Waals surface area contributed by atoms with Crippen molar-refractivity contribution < 1.29 is 68.2 Å². The Labute approximate surface area is 394 Å². The Morgan fingerprint density at radius 2 is 1.02 bits per heavy atom. The normalized spacial score (nSPS) is 22.7. The lowest BCUT2D eigenvalue weighted by atomic mass is 9.85. The number of hydrogen-bond acceptors (Lipinski definition) is 13. The van der Waals surface area contributed by atoms with Crippen molar-refractivity contribution >= 4 is 19.8 Å². The fourth-order valence-corrected chi connectivity index (χ4v) is 7.26. The van der Waals surface area contributed by atoms with Gasteiger partial charge in [0.05, 0.1) is 12.7 Å². The maximum absolute atomic E-state index is 12.8. The van der Waals surface area contributed by atoms with Gasteiger partial charge in [-0.15, -0.1) is 0 Å². The van der Waals surface area contributed by atoms with Crippen molar-refractivity contribution in [1.82, 2.24) is 0 Å². The number of carbonyl (C=O) groups excluding carboxylic acids is 2. The average molecular weight is 949 g/mol. The number of esters is 2. The molecule has 0 aromatic carbocycles. The van der Waals surface area contributed by atoms with Gasteiger partial charge in [0.1, 0.15) is 43.2 Å². The number of hydrogen-bond donors (Lipinski definition) is 7. The van der Waals surface area contributed by atoms with E-state index in [1.807, 2.05) is 54.7 Å². The van der Waals surface area contributed by atoms with E-state index in [2.05, 4.69) is 62.5 Å². The van der Waals surface area contributed by atoms with Crippen LogP contribution in [0.5, 0.6) is 0 Å². The summed E-state index contributed by atoms with van der Waals surface area (Å²) in [6.07, 6.45) is 37.5. The summed E-state index contributed by atoms with van der Waals surface area (Å²) in [6.45, 7) is 3.04. The smallest absolute Gasteiger partial charge is 0.462 e. The second-order valence-electron chi connectivity index (χ2n) is 16.1. The molecule has 15 heteroatoms. The predicted molar refractivity (Wildman–Crippen MR) is 259 cm³/mol. The quantitative estimate of drug-likeness (QED) is 0.0102. The molecule has 0 bridgehead atoms. The molecule has 66 heavy (non-hydrogen) atoms. The van der Waals surface area contributed by atoms with Gasteiger partial charge < -0.3 is 45.0 Å². The van der Waals surface area contributed by atoms with E-state index in [0.717, 1.165) is 38.5 Å². The van der Waals surface area contributed by atoms with E-state index in [4.69, 9.17) is 18.5 Å². The van der Waals surface area contributed by atoms with Gasteiger partial charge in [-0.1, -0.05) is 149 Å². The summed E-state index contributed by atoms with van der Waals surface area (Å²) in [5.41, 5.74) is 0. The number of phosphoric acid groups is 1. The molecule has 0 saturated heterocycles. The van der Waals surface area contributed by atoms with Gasteiger partial charge in [0.15, 0.2) is 6.10 Å². The lowest BCUT2D eigenvalue weighted by Crippen LogP contribution is -2.64. The Morgan fingerprint density at radius 3 is 1.56 bits per heavy atom. The first kappa shape index (κ1) is 60.5. The standard InChI is InChI=1S/C51H81O14P/c1-3-5-7-9-11-12-13-14-15-16-17-18-19-20-21-22-27-31-35-39-45(54)64-43(41-63-66(60,61)65-51-49(58)47(56)46(55)48(57)50(51)59)40-62-44(53)38-34-30-26-24-23-25-29-33-37-42(52)36-32-28-10-8-6-4-2/h11-12,14-15,17-18,20-21,24-29,31-33,37,42-43,46-52,55-59H,3-10,13,16,19,22-23,30,34-36,38-41H2,1-2H3,(H,60,61)/b12-11-,15-14-,18-17-,21-20-,26-24-,29-25-,31-27-,32-28-,37-33+/t42-,43-,46?,47-,48+,49-,50-,51?/m1/s1. The highest BCUT2D eigenvalue weighted by atomic mass is 31.2. The van der Waals surface area contributed by atoms with Gasteiger partial charge in [-0.3, -0.25) is 18.6 Å². The molecule has 1 rings (SSSR count). The number of aliphatic hydroxyl groups is 6. The fourth-order valence-electron chi connectivity index (χ4n) is 6.29. The summed E-state index contributed by atoms with van der Waals surface area (Å²) in [4.78, 5) is 35.7. The Kier molecular flexibility index (Phi) is 36.2. The Morgan fingerprint density at radius 1 is 0.545 bits per heavy atom. The molecule has 1 aliphatic carbocycles. The summed E-state index contributed by atoms with van der Waals surface area (Å²) >= 11 is 0. The zero-order valence-corrected chi connectivity index (χ0v) is 40.2. The van der Waals surface area contributed by atoms with Crippen LogP contribution in [0.15, 0.2) is 109 Å². The van der Waals surface area contributed by atoms with E-state index in [0.29, 0.717) is 38.5 Å². The zero-order valence-electron chi connectivity index (χ0n) is 39.3. The Bertz CT molecular complexity index is 1580. The van der Waals surface area contributed by atoms with E-state index < -0.39 is 81.8 Å². The zero-order chi connectivity index (χ0) is 48.7. The van der Waals surface area contributed by atoms with Gasteiger partial charge >= 0.3 is 19.8 Å². The molecule has 3 unspecified atom stereocenters. The summed E-state index contributed by atoms with van der Waals surface area (Å²) in [6, 6.07) is 0. The number of phosphoric ester groups is 1. The molecule has 1 aliphatic rings. The highest BCUT2D eigenvalue weighted by Gasteiger charge is 2.51. The number of ether oxygens (including phenoxy) is 2. The van der Waals surface area contributed by atoms with Crippen LogP contribution in [0, 0.1) is 0 Å². The molecule has 0 amide bonds. The summed E-state index contributed by atoms with van der Waals surface area (Å²) in [5.74, 6) is -1.31. The molecule has 14 nitrogen and oxygen atoms in total. The van der Waals surface area contributed by atoms with Crippen LogP contribution in [0.4, 0.5) is 0 Å².